The first-order valence-electron chi connectivity index (χ1n) is 9.57. The summed E-state index contributed by atoms with van der Waals surface area (Å²) in [6, 6.07) is 9.65. The first-order chi connectivity index (χ1) is 13.6. The molecule has 1 amide bonds. The van der Waals surface area contributed by atoms with E-state index in [-0.39, 0.29) is 12.2 Å². The molecule has 0 saturated carbocycles. The number of rotatable bonds is 5. The summed E-state index contributed by atoms with van der Waals surface area (Å²) in [6.07, 6.45) is 2.85. The Bertz CT molecular complexity index is 806. The summed E-state index contributed by atoms with van der Waals surface area (Å²) in [4.78, 5) is 19.2. The maximum absolute atomic E-state index is 12.9. The van der Waals surface area contributed by atoms with Gasteiger partial charge in [-0.25, -0.2) is 4.98 Å². The van der Waals surface area contributed by atoms with Crippen molar-refractivity contribution in [1.82, 2.24) is 19.8 Å². The first kappa shape index (κ1) is 19.1. The molecule has 28 heavy (non-hydrogen) atoms. The zero-order chi connectivity index (χ0) is 19.6. The Labute approximate surface area is 164 Å². The number of ether oxygens (including phenoxy) is 2. The topological polar surface area (TPSA) is 88.9 Å². The Hall–Kier alpha value is -2.26. The molecule has 0 bridgehead atoms. The Balaban J connectivity index is 1.56. The highest BCUT2D eigenvalue weighted by molar-refractivity contribution is 5.91. The van der Waals surface area contributed by atoms with Crippen LogP contribution in [-0.4, -0.2) is 70.7 Å². The number of likely N-dealkylation sites (tertiary alicyclic amines) is 1. The van der Waals surface area contributed by atoms with Crippen LogP contribution in [-0.2, 0) is 22.1 Å². The third-order valence-corrected chi connectivity index (χ3v) is 5.57. The highest BCUT2D eigenvalue weighted by atomic mass is 16.7. The van der Waals surface area contributed by atoms with Crippen molar-refractivity contribution in [2.75, 3.05) is 32.8 Å². The van der Waals surface area contributed by atoms with Crippen molar-refractivity contribution < 1.29 is 19.4 Å². The van der Waals surface area contributed by atoms with E-state index in [0.717, 1.165) is 5.56 Å². The van der Waals surface area contributed by atoms with E-state index in [1.54, 1.807) is 24.0 Å². The lowest BCUT2D eigenvalue weighted by atomic mass is 9.78. The minimum Gasteiger partial charge on any atom is -0.389 e. The van der Waals surface area contributed by atoms with Gasteiger partial charge in [-0.15, -0.1) is 0 Å². The van der Waals surface area contributed by atoms with Gasteiger partial charge in [0.25, 0.3) is 5.91 Å². The Morgan fingerprint density at radius 1 is 1.32 bits per heavy atom. The predicted molar refractivity (Wildman–Crippen MR) is 102 cm³/mol. The molecular weight excluding hydrogens is 360 g/mol. The molecule has 0 radical (unpaired) electrons. The van der Waals surface area contributed by atoms with Crippen molar-refractivity contribution in [3.05, 3.63) is 54.1 Å². The number of hydrogen-bond donors (Lipinski definition) is 2. The van der Waals surface area contributed by atoms with Crippen LogP contribution in [0.2, 0.25) is 0 Å². The fourth-order valence-corrected chi connectivity index (χ4v) is 4.02. The molecule has 2 aromatic rings. The fraction of sp³-hybridized carbons (Fsp3) is 0.500. The van der Waals surface area contributed by atoms with Crippen molar-refractivity contribution in [1.29, 1.82) is 0 Å². The van der Waals surface area contributed by atoms with Gasteiger partial charge in [0.15, 0.2) is 12.1 Å². The molecule has 2 aliphatic rings. The van der Waals surface area contributed by atoms with E-state index in [4.69, 9.17) is 9.47 Å². The van der Waals surface area contributed by atoms with Gasteiger partial charge in [-0.1, -0.05) is 30.3 Å². The third kappa shape index (κ3) is 3.68. The number of benzene rings is 1. The van der Waals surface area contributed by atoms with Crippen molar-refractivity contribution in [3.63, 3.8) is 0 Å². The number of piperidine rings is 1. The number of aromatic nitrogens is 2. The second-order valence-corrected chi connectivity index (χ2v) is 7.35. The summed E-state index contributed by atoms with van der Waals surface area (Å²) >= 11 is 0. The van der Waals surface area contributed by atoms with Crippen LogP contribution in [0.25, 0.3) is 0 Å². The average Bonchev–Trinajstić information content (AvgIpc) is 3.36. The minimum atomic E-state index is -0.877. The van der Waals surface area contributed by atoms with Gasteiger partial charge in [-0.3, -0.25) is 9.69 Å². The van der Waals surface area contributed by atoms with Crippen LogP contribution in [0.15, 0.2) is 42.7 Å². The summed E-state index contributed by atoms with van der Waals surface area (Å²) in [6.45, 7) is 2.94. The van der Waals surface area contributed by atoms with Gasteiger partial charge in [0.1, 0.15) is 0 Å². The molecule has 0 aliphatic carbocycles. The number of carbonyl (C=O) groups excluding carboxylic acids is 1. The molecule has 2 N–H and O–H groups in total. The van der Waals surface area contributed by atoms with E-state index in [2.05, 4.69) is 15.2 Å². The zero-order valence-corrected chi connectivity index (χ0v) is 16.0. The summed E-state index contributed by atoms with van der Waals surface area (Å²) < 4.78 is 12.7. The Kier molecular flexibility index (Phi) is 5.45. The molecule has 4 rings (SSSR count). The standard InChI is InChI=1S/C20H26N4O4/c1-23-10-8-21-18(23)19(26)22-20(15-5-3-2-4-6-15)7-9-24(13-16(20)25)14-17-27-11-12-28-17/h2-6,8,10,16-17,25H,7,9,11-14H2,1H3,(H,22,26)/t16-,20+/m1/s1. The highest BCUT2D eigenvalue weighted by Gasteiger charge is 2.45. The van der Waals surface area contributed by atoms with Crippen molar-refractivity contribution in [2.45, 2.75) is 24.4 Å². The van der Waals surface area contributed by atoms with E-state index in [0.29, 0.717) is 45.1 Å². The van der Waals surface area contributed by atoms with Gasteiger partial charge in [0.2, 0.25) is 0 Å². The van der Waals surface area contributed by atoms with E-state index < -0.39 is 11.6 Å². The lowest BCUT2D eigenvalue weighted by Gasteiger charge is -2.46. The summed E-state index contributed by atoms with van der Waals surface area (Å²) in [5.74, 6) is 0.0176. The number of amides is 1. The number of nitrogens with one attached hydrogen (secondary N) is 1. The largest absolute Gasteiger partial charge is 0.389 e. The quantitative estimate of drug-likeness (QED) is 0.777. The summed E-state index contributed by atoms with van der Waals surface area (Å²) in [7, 11) is 1.78. The molecular formula is C20H26N4O4. The number of aliphatic hydroxyl groups excluding tert-OH is 1. The fourth-order valence-electron chi connectivity index (χ4n) is 4.02. The van der Waals surface area contributed by atoms with Crippen LogP contribution in [0.5, 0.6) is 0 Å². The predicted octanol–water partition coefficient (Wildman–Crippen LogP) is 0.485. The molecule has 150 valence electrons. The number of carbonyl (C=O) groups is 1. The number of imidazole rings is 1. The number of nitrogens with zero attached hydrogens (tertiary/aromatic N) is 3. The number of aliphatic hydroxyl groups is 1. The van der Waals surface area contributed by atoms with Crippen LogP contribution < -0.4 is 5.32 Å². The summed E-state index contributed by atoms with van der Waals surface area (Å²) in [5, 5.41) is 14.3. The molecule has 8 heteroatoms. The van der Waals surface area contributed by atoms with Crippen LogP contribution in [0.1, 0.15) is 22.6 Å². The van der Waals surface area contributed by atoms with Crippen molar-refractivity contribution in [3.8, 4) is 0 Å². The Morgan fingerprint density at radius 2 is 2.07 bits per heavy atom. The molecule has 0 spiro atoms. The number of aryl methyl sites for hydroxylation is 1. The molecule has 2 fully saturated rings. The second kappa shape index (κ2) is 8.00. The van der Waals surface area contributed by atoms with Gasteiger partial charge in [-0.2, -0.15) is 0 Å². The Morgan fingerprint density at radius 3 is 2.71 bits per heavy atom. The van der Waals surface area contributed by atoms with Crippen LogP contribution in [0, 0.1) is 0 Å². The maximum Gasteiger partial charge on any atom is 0.288 e. The van der Waals surface area contributed by atoms with E-state index >= 15 is 0 Å². The van der Waals surface area contributed by atoms with Crippen molar-refractivity contribution in [2.24, 2.45) is 7.05 Å². The van der Waals surface area contributed by atoms with Gasteiger partial charge in [0, 0.05) is 39.1 Å². The monoisotopic (exact) mass is 386 g/mol. The van der Waals surface area contributed by atoms with Gasteiger partial charge in [0.05, 0.1) is 24.9 Å². The normalized spacial score (nSPS) is 26.4. The smallest absolute Gasteiger partial charge is 0.288 e. The van der Waals surface area contributed by atoms with E-state index in [9.17, 15) is 9.90 Å². The lowest BCUT2D eigenvalue weighted by Crippen LogP contribution is -2.62. The van der Waals surface area contributed by atoms with Crippen LogP contribution >= 0.6 is 0 Å². The molecule has 0 unspecified atom stereocenters. The molecule has 8 nitrogen and oxygen atoms in total. The van der Waals surface area contributed by atoms with E-state index in [1.807, 2.05) is 30.3 Å². The molecule has 2 aliphatic heterocycles. The summed E-state index contributed by atoms with van der Waals surface area (Å²) in [5.41, 5.74) is 0.0103. The van der Waals surface area contributed by atoms with E-state index in [1.165, 1.54) is 0 Å². The average molecular weight is 386 g/mol. The van der Waals surface area contributed by atoms with Crippen LogP contribution in [0.3, 0.4) is 0 Å². The molecule has 3 heterocycles. The SMILES string of the molecule is Cn1ccnc1C(=O)N[C@]1(c2ccccc2)CCN(CC2OCCO2)C[C@H]1O. The second-order valence-electron chi connectivity index (χ2n) is 7.35. The molecule has 1 aromatic heterocycles. The van der Waals surface area contributed by atoms with Gasteiger partial charge < -0.3 is 24.5 Å². The lowest BCUT2D eigenvalue weighted by molar-refractivity contribution is -0.0854. The zero-order valence-electron chi connectivity index (χ0n) is 16.0. The van der Waals surface area contributed by atoms with Gasteiger partial charge >= 0.3 is 0 Å². The molecule has 2 atom stereocenters. The van der Waals surface area contributed by atoms with Crippen molar-refractivity contribution >= 4 is 5.91 Å². The minimum absolute atomic E-state index is 0.251. The number of hydrogen-bond acceptors (Lipinski definition) is 6. The maximum atomic E-state index is 12.9. The third-order valence-electron chi connectivity index (χ3n) is 5.57. The number of β-amino-alcohol motifs (C(OH)–C–C–N with tert-alkyl or cyclic N) is 1. The van der Waals surface area contributed by atoms with Crippen LogP contribution in [0.4, 0.5) is 0 Å². The first-order valence-corrected chi connectivity index (χ1v) is 9.57. The van der Waals surface area contributed by atoms with Gasteiger partial charge in [-0.05, 0) is 12.0 Å². The molecule has 1 aromatic carbocycles. The highest BCUT2D eigenvalue weighted by Crippen LogP contribution is 2.34. The molecule has 2 saturated heterocycles.